The summed E-state index contributed by atoms with van der Waals surface area (Å²) in [5, 5.41) is 9.17. The Morgan fingerprint density at radius 3 is 2.48 bits per heavy atom. The van der Waals surface area contributed by atoms with Crippen molar-refractivity contribution in [3.8, 4) is 0 Å². The molecule has 0 aliphatic rings. The number of carboxylic acid groups (broad SMARTS) is 1. The highest BCUT2D eigenvalue weighted by Gasteiger charge is 2.33. The van der Waals surface area contributed by atoms with Gasteiger partial charge in [0.25, 0.3) is 0 Å². The lowest BCUT2D eigenvalue weighted by molar-refractivity contribution is -0.140. The second-order valence-corrected chi connectivity index (χ2v) is 6.61. The summed E-state index contributed by atoms with van der Waals surface area (Å²) in [5.41, 5.74) is -0.768. The molecular weight excluding hydrogens is 329 g/mol. The van der Waals surface area contributed by atoms with Gasteiger partial charge in [-0.15, -0.1) is 0 Å². The van der Waals surface area contributed by atoms with Crippen LogP contribution in [0.4, 0.5) is 4.39 Å². The molecule has 0 aliphatic carbocycles. The van der Waals surface area contributed by atoms with Crippen molar-refractivity contribution in [3.63, 3.8) is 0 Å². The van der Waals surface area contributed by atoms with E-state index < -0.39 is 50.2 Å². The largest absolute Gasteiger partial charge is 0.480 e. The molecule has 0 aromatic heterocycles. The van der Waals surface area contributed by atoms with Crippen LogP contribution in [0.2, 0.25) is 0 Å². The number of nitrogens with one attached hydrogen (secondary N) is 1. The Balaban J connectivity index is 3.37. The van der Waals surface area contributed by atoms with Crippen LogP contribution in [0.25, 0.3) is 0 Å². The number of rotatable bonds is 7. The van der Waals surface area contributed by atoms with E-state index in [4.69, 9.17) is 0 Å². The van der Waals surface area contributed by atoms with E-state index >= 15 is 0 Å². The fourth-order valence-electron chi connectivity index (χ4n) is 1.90. The SMILES string of the molecule is CC[C@H](C)[C@H](NS(=O)(=O)c1cccc(F)c1C(=O)OC)C(=O)O. The third kappa shape index (κ3) is 4.26. The minimum Gasteiger partial charge on any atom is -0.480 e. The maximum atomic E-state index is 13.8. The number of sulfonamides is 1. The summed E-state index contributed by atoms with van der Waals surface area (Å²) in [6.45, 7) is 3.27. The monoisotopic (exact) mass is 347 g/mol. The first-order valence-corrected chi connectivity index (χ1v) is 8.26. The molecule has 0 amide bonds. The molecule has 0 aliphatic heterocycles. The average molecular weight is 347 g/mol. The zero-order valence-electron chi connectivity index (χ0n) is 12.9. The molecule has 0 fully saturated rings. The number of benzene rings is 1. The van der Waals surface area contributed by atoms with E-state index in [1.165, 1.54) is 0 Å². The lowest BCUT2D eigenvalue weighted by Crippen LogP contribution is -2.45. The topological polar surface area (TPSA) is 110 Å². The lowest BCUT2D eigenvalue weighted by atomic mass is 10.0. The number of aliphatic carboxylic acids is 1. The van der Waals surface area contributed by atoms with E-state index in [9.17, 15) is 27.5 Å². The minimum atomic E-state index is -4.44. The fourth-order valence-corrected chi connectivity index (χ4v) is 3.41. The molecule has 1 rings (SSSR count). The van der Waals surface area contributed by atoms with Crippen LogP contribution in [-0.2, 0) is 19.6 Å². The van der Waals surface area contributed by atoms with Crippen LogP contribution >= 0.6 is 0 Å². The molecule has 2 atom stereocenters. The molecule has 0 spiro atoms. The predicted octanol–water partition coefficient (Wildman–Crippen LogP) is 1.39. The Hall–Kier alpha value is -2.00. The number of carbonyl (C=O) groups is 2. The molecule has 0 saturated heterocycles. The van der Waals surface area contributed by atoms with E-state index in [1.54, 1.807) is 13.8 Å². The quantitative estimate of drug-likeness (QED) is 0.721. The van der Waals surface area contributed by atoms with Crippen molar-refractivity contribution in [1.82, 2.24) is 4.72 Å². The molecule has 1 aromatic carbocycles. The molecule has 23 heavy (non-hydrogen) atoms. The summed E-state index contributed by atoms with van der Waals surface area (Å²) in [6, 6.07) is 1.62. The van der Waals surface area contributed by atoms with Crippen LogP contribution in [0.15, 0.2) is 23.1 Å². The Kier molecular flexibility index (Phi) is 6.22. The molecule has 128 valence electrons. The van der Waals surface area contributed by atoms with Gasteiger partial charge < -0.3 is 9.84 Å². The van der Waals surface area contributed by atoms with Gasteiger partial charge >= 0.3 is 11.9 Å². The zero-order valence-corrected chi connectivity index (χ0v) is 13.7. The standard InChI is InChI=1S/C14H18FNO6S/c1-4-8(2)12(13(17)18)16-23(20,21)10-7-5-6-9(15)11(10)14(19)22-3/h5-8,12,16H,4H2,1-3H3,(H,17,18)/t8-,12-/m0/s1. The Morgan fingerprint density at radius 1 is 1.39 bits per heavy atom. The maximum absolute atomic E-state index is 13.8. The van der Waals surface area contributed by atoms with E-state index in [0.717, 1.165) is 25.3 Å². The number of hydrogen-bond donors (Lipinski definition) is 2. The first kappa shape index (κ1) is 19.0. The van der Waals surface area contributed by atoms with Gasteiger partial charge in [-0.1, -0.05) is 26.3 Å². The first-order chi connectivity index (χ1) is 10.7. The van der Waals surface area contributed by atoms with Crippen molar-refractivity contribution in [2.45, 2.75) is 31.2 Å². The van der Waals surface area contributed by atoms with E-state index in [-0.39, 0.29) is 0 Å². The van der Waals surface area contributed by atoms with Crippen molar-refractivity contribution in [3.05, 3.63) is 29.6 Å². The van der Waals surface area contributed by atoms with Gasteiger partial charge in [0.1, 0.15) is 17.4 Å². The number of carbonyl (C=O) groups excluding carboxylic acids is 1. The highest BCUT2D eigenvalue weighted by atomic mass is 32.2. The van der Waals surface area contributed by atoms with Gasteiger partial charge in [0.2, 0.25) is 10.0 Å². The van der Waals surface area contributed by atoms with Crippen molar-refractivity contribution >= 4 is 22.0 Å². The van der Waals surface area contributed by atoms with Crippen LogP contribution in [0.5, 0.6) is 0 Å². The van der Waals surface area contributed by atoms with Crippen molar-refractivity contribution < 1.29 is 32.2 Å². The van der Waals surface area contributed by atoms with Crippen molar-refractivity contribution in [2.75, 3.05) is 7.11 Å². The minimum absolute atomic E-state index is 0.409. The molecule has 0 bridgehead atoms. The Labute approximate surface area is 133 Å². The normalized spacial score (nSPS) is 14.1. The first-order valence-electron chi connectivity index (χ1n) is 6.77. The van der Waals surface area contributed by atoms with Crippen molar-refractivity contribution in [2.24, 2.45) is 5.92 Å². The van der Waals surface area contributed by atoms with E-state index in [2.05, 4.69) is 4.74 Å². The summed E-state index contributed by atoms with van der Waals surface area (Å²) in [5.74, 6) is -4.11. The second kappa shape index (κ2) is 7.51. The van der Waals surface area contributed by atoms with Crippen LogP contribution in [-0.4, -0.2) is 38.6 Å². The summed E-state index contributed by atoms with van der Waals surface area (Å²) >= 11 is 0. The van der Waals surface area contributed by atoms with Crippen LogP contribution in [0.3, 0.4) is 0 Å². The van der Waals surface area contributed by atoms with Gasteiger partial charge in [-0.3, -0.25) is 4.79 Å². The molecule has 1 aromatic rings. The summed E-state index contributed by atoms with van der Waals surface area (Å²) in [4.78, 5) is 22.2. The maximum Gasteiger partial charge on any atom is 0.342 e. The van der Waals surface area contributed by atoms with Gasteiger partial charge in [0, 0.05) is 0 Å². The van der Waals surface area contributed by atoms with Gasteiger partial charge in [-0.2, -0.15) is 4.72 Å². The molecular formula is C14H18FNO6S. The van der Waals surface area contributed by atoms with Crippen LogP contribution in [0, 0.1) is 11.7 Å². The zero-order chi connectivity index (χ0) is 17.8. The number of ether oxygens (including phenoxy) is 1. The molecule has 0 saturated carbocycles. The average Bonchev–Trinajstić information content (AvgIpc) is 2.50. The third-order valence-corrected chi connectivity index (χ3v) is 4.90. The van der Waals surface area contributed by atoms with Gasteiger partial charge in [-0.25, -0.2) is 17.6 Å². The van der Waals surface area contributed by atoms with Crippen LogP contribution < -0.4 is 4.72 Å². The molecule has 0 heterocycles. The highest BCUT2D eigenvalue weighted by molar-refractivity contribution is 7.89. The number of esters is 1. The molecule has 2 N–H and O–H groups in total. The molecule has 9 heteroatoms. The number of hydrogen-bond acceptors (Lipinski definition) is 5. The van der Waals surface area contributed by atoms with E-state index in [0.29, 0.717) is 6.42 Å². The lowest BCUT2D eigenvalue weighted by Gasteiger charge is -2.20. The molecule has 0 radical (unpaired) electrons. The number of halogens is 1. The predicted molar refractivity (Wildman–Crippen MR) is 78.9 cm³/mol. The third-order valence-electron chi connectivity index (χ3n) is 3.42. The fraction of sp³-hybridized carbons (Fsp3) is 0.429. The van der Waals surface area contributed by atoms with E-state index in [1.807, 2.05) is 4.72 Å². The van der Waals surface area contributed by atoms with Gasteiger partial charge in [0.05, 0.1) is 12.0 Å². The number of methoxy groups -OCH3 is 1. The second-order valence-electron chi connectivity index (χ2n) is 4.93. The summed E-state index contributed by atoms with van der Waals surface area (Å²) in [7, 11) is -3.46. The van der Waals surface area contributed by atoms with Gasteiger partial charge in [-0.05, 0) is 18.1 Å². The smallest absolute Gasteiger partial charge is 0.342 e. The molecule has 7 nitrogen and oxygen atoms in total. The Bertz CT molecular complexity index is 703. The Morgan fingerprint density at radius 2 is 2.00 bits per heavy atom. The van der Waals surface area contributed by atoms with Crippen molar-refractivity contribution in [1.29, 1.82) is 0 Å². The number of carboxylic acids is 1. The highest BCUT2D eigenvalue weighted by Crippen LogP contribution is 2.21. The van der Waals surface area contributed by atoms with Gasteiger partial charge in [0.15, 0.2) is 0 Å². The summed E-state index contributed by atoms with van der Waals surface area (Å²) < 4.78 is 45.0. The van der Waals surface area contributed by atoms with Crippen LogP contribution in [0.1, 0.15) is 30.6 Å². The summed E-state index contributed by atoms with van der Waals surface area (Å²) in [6.07, 6.45) is 0.409. The molecule has 0 unspecified atom stereocenters.